The number of rotatable bonds is 7. The third-order valence-corrected chi connectivity index (χ3v) is 3.67. The molecule has 0 spiro atoms. The molecule has 2 aromatic heterocycles. The molecule has 0 aliphatic rings. The molecule has 0 radical (unpaired) electrons. The standard InChI is InChI=1S/C13H18N4OS/c1-3-14-8-11-4-5-13(17-16-11)18-7-6-12-10(2)15-9-19-12/h4-5,9,14H,3,6-8H2,1-2H3. The van der Waals surface area contributed by atoms with E-state index in [1.807, 2.05) is 24.6 Å². The second-order valence-electron chi connectivity index (χ2n) is 4.10. The van der Waals surface area contributed by atoms with E-state index in [1.165, 1.54) is 4.88 Å². The molecule has 0 aromatic carbocycles. The summed E-state index contributed by atoms with van der Waals surface area (Å²) in [7, 11) is 0. The topological polar surface area (TPSA) is 59.9 Å². The molecule has 2 heterocycles. The summed E-state index contributed by atoms with van der Waals surface area (Å²) >= 11 is 1.66. The zero-order valence-corrected chi connectivity index (χ0v) is 12.0. The van der Waals surface area contributed by atoms with Crippen molar-refractivity contribution >= 4 is 11.3 Å². The van der Waals surface area contributed by atoms with Crippen LogP contribution >= 0.6 is 11.3 Å². The molecule has 0 fully saturated rings. The van der Waals surface area contributed by atoms with Gasteiger partial charge in [0, 0.05) is 23.9 Å². The minimum Gasteiger partial charge on any atom is -0.476 e. The minimum absolute atomic E-state index is 0.572. The lowest BCUT2D eigenvalue weighted by Gasteiger charge is -2.05. The summed E-state index contributed by atoms with van der Waals surface area (Å²) in [5.41, 5.74) is 3.87. The van der Waals surface area contributed by atoms with Gasteiger partial charge in [0.1, 0.15) is 0 Å². The Hall–Kier alpha value is -1.53. The third-order valence-electron chi connectivity index (χ3n) is 2.68. The first-order valence-corrected chi connectivity index (χ1v) is 7.22. The van der Waals surface area contributed by atoms with Gasteiger partial charge in [-0.25, -0.2) is 4.98 Å². The third kappa shape index (κ3) is 4.25. The van der Waals surface area contributed by atoms with Gasteiger partial charge in [0.25, 0.3) is 0 Å². The Morgan fingerprint density at radius 2 is 2.21 bits per heavy atom. The summed E-state index contributed by atoms with van der Waals surface area (Å²) in [6.45, 7) is 6.34. The smallest absolute Gasteiger partial charge is 0.233 e. The fraction of sp³-hybridized carbons (Fsp3) is 0.462. The van der Waals surface area contributed by atoms with E-state index in [9.17, 15) is 0 Å². The predicted molar refractivity (Wildman–Crippen MR) is 75.5 cm³/mol. The zero-order valence-electron chi connectivity index (χ0n) is 11.2. The van der Waals surface area contributed by atoms with Crippen molar-refractivity contribution in [1.82, 2.24) is 20.5 Å². The molecule has 1 N–H and O–H groups in total. The molecular weight excluding hydrogens is 260 g/mol. The molecule has 0 saturated heterocycles. The number of nitrogens with zero attached hydrogens (tertiary/aromatic N) is 3. The summed E-state index contributed by atoms with van der Waals surface area (Å²) in [5, 5.41) is 11.4. The highest BCUT2D eigenvalue weighted by Gasteiger charge is 2.03. The molecule has 0 amide bonds. The first kappa shape index (κ1) is 13.9. The Labute approximate surface area is 117 Å². The van der Waals surface area contributed by atoms with Gasteiger partial charge >= 0.3 is 0 Å². The SMILES string of the molecule is CCNCc1ccc(OCCc2scnc2C)nn1. The fourth-order valence-electron chi connectivity index (χ4n) is 1.59. The van der Waals surface area contributed by atoms with E-state index in [-0.39, 0.29) is 0 Å². The van der Waals surface area contributed by atoms with Gasteiger partial charge in [-0.2, -0.15) is 5.10 Å². The molecule has 19 heavy (non-hydrogen) atoms. The normalized spacial score (nSPS) is 10.6. The highest BCUT2D eigenvalue weighted by Crippen LogP contribution is 2.13. The van der Waals surface area contributed by atoms with Crippen LogP contribution in [0.1, 0.15) is 23.2 Å². The zero-order chi connectivity index (χ0) is 13.5. The lowest BCUT2D eigenvalue weighted by atomic mass is 10.3. The average Bonchev–Trinajstić information content (AvgIpc) is 2.84. The minimum atomic E-state index is 0.572. The van der Waals surface area contributed by atoms with Crippen LogP contribution in [0.5, 0.6) is 5.88 Å². The monoisotopic (exact) mass is 278 g/mol. The van der Waals surface area contributed by atoms with Crippen LogP contribution in [0.2, 0.25) is 0 Å². The van der Waals surface area contributed by atoms with Crippen molar-refractivity contribution in [2.75, 3.05) is 13.2 Å². The molecule has 2 aromatic rings. The van der Waals surface area contributed by atoms with E-state index >= 15 is 0 Å². The number of aromatic nitrogens is 3. The number of thiazole rings is 1. The van der Waals surface area contributed by atoms with E-state index in [2.05, 4.69) is 27.4 Å². The average molecular weight is 278 g/mol. The van der Waals surface area contributed by atoms with Crippen molar-refractivity contribution in [1.29, 1.82) is 0 Å². The van der Waals surface area contributed by atoms with E-state index in [0.29, 0.717) is 12.5 Å². The van der Waals surface area contributed by atoms with Gasteiger partial charge in [-0.1, -0.05) is 6.92 Å². The Morgan fingerprint density at radius 3 is 2.84 bits per heavy atom. The van der Waals surface area contributed by atoms with Crippen LogP contribution in [0.3, 0.4) is 0 Å². The summed E-state index contributed by atoms with van der Waals surface area (Å²) in [6, 6.07) is 3.79. The van der Waals surface area contributed by atoms with Crippen LogP contribution < -0.4 is 10.1 Å². The van der Waals surface area contributed by atoms with Gasteiger partial charge in [-0.05, 0) is 19.5 Å². The lowest BCUT2D eigenvalue weighted by Crippen LogP contribution is -2.13. The van der Waals surface area contributed by atoms with Crippen molar-refractivity contribution < 1.29 is 4.74 Å². The molecule has 0 aliphatic heterocycles. The lowest BCUT2D eigenvalue weighted by molar-refractivity contribution is 0.306. The van der Waals surface area contributed by atoms with Crippen molar-refractivity contribution in [2.24, 2.45) is 0 Å². The Bertz CT molecular complexity index is 498. The van der Waals surface area contributed by atoms with Crippen LogP contribution in [-0.2, 0) is 13.0 Å². The molecule has 5 nitrogen and oxygen atoms in total. The number of hydrogen-bond acceptors (Lipinski definition) is 6. The number of ether oxygens (including phenoxy) is 1. The van der Waals surface area contributed by atoms with Crippen molar-refractivity contribution in [3.8, 4) is 5.88 Å². The molecule has 2 rings (SSSR count). The van der Waals surface area contributed by atoms with E-state index < -0.39 is 0 Å². The molecule has 6 heteroatoms. The molecule has 0 atom stereocenters. The second kappa shape index (κ2) is 7.16. The largest absolute Gasteiger partial charge is 0.476 e. The number of aryl methyl sites for hydroxylation is 1. The summed E-state index contributed by atoms with van der Waals surface area (Å²) < 4.78 is 5.58. The molecule has 0 bridgehead atoms. The van der Waals surface area contributed by atoms with Gasteiger partial charge in [-0.15, -0.1) is 16.4 Å². The Balaban J connectivity index is 1.78. The van der Waals surface area contributed by atoms with Crippen molar-refractivity contribution in [2.45, 2.75) is 26.8 Å². The van der Waals surface area contributed by atoms with Gasteiger partial charge in [0.15, 0.2) is 0 Å². The molecule has 0 aliphatic carbocycles. The number of hydrogen-bond donors (Lipinski definition) is 1. The first-order valence-electron chi connectivity index (χ1n) is 6.34. The van der Waals surface area contributed by atoms with Crippen LogP contribution in [0.15, 0.2) is 17.6 Å². The van der Waals surface area contributed by atoms with E-state index in [0.717, 1.165) is 30.9 Å². The van der Waals surface area contributed by atoms with Crippen LogP contribution in [0.4, 0.5) is 0 Å². The fourth-order valence-corrected chi connectivity index (χ4v) is 2.35. The first-order chi connectivity index (χ1) is 9.29. The van der Waals surface area contributed by atoms with Crippen molar-refractivity contribution in [3.63, 3.8) is 0 Å². The predicted octanol–water partition coefficient (Wildman–Crippen LogP) is 1.97. The van der Waals surface area contributed by atoms with Gasteiger partial charge in [-0.3, -0.25) is 0 Å². The van der Waals surface area contributed by atoms with Crippen LogP contribution in [0.25, 0.3) is 0 Å². The van der Waals surface area contributed by atoms with Crippen molar-refractivity contribution in [3.05, 3.63) is 33.9 Å². The molecule has 102 valence electrons. The van der Waals surface area contributed by atoms with Crippen LogP contribution in [-0.4, -0.2) is 28.3 Å². The maximum Gasteiger partial charge on any atom is 0.233 e. The maximum absolute atomic E-state index is 5.58. The van der Waals surface area contributed by atoms with Gasteiger partial charge in [0.2, 0.25) is 5.88 Å². The summed E-state index contributed by atoms with van der Waals surface area (Å²) in [6.07, 6.45) is 0.858. The van der Waals surface area contributed by atoms with Gasteiger partial charge in [0.05, 0.1) is 23.5 Å². The summed E-state index contributed by atoms with van der Waals surface area (Å²) in [5.74, 6) is 0.572. The Kier molecular flexibility index (Phi) is 5.23. The molecule has 0 unspecified atom stereocenters. The number of nitrogens with one attached hydrogen (secondary N) is 1. The molecular formula is C13H18N4OS. The quantitative estimate of drug-likeness (QED) is 0.839. The highest BCUT2D eigenvalue weighted by atomic mass is 32.1. The highest BCUT2D eigenvalue weighted by molar-refractivity contribution is 7.09. The van der Waals surface area contributed by atoms with Gasteiger partial charge < -0.3 is 10.1 Å². The molecule has 0 saturated carbocycles. The van der Waals surface area contributed by atoms with E-state index in [4.69, 9.17) is 4.74 Å². The van der Waals surface area contributed by atoms with E-state index in [1.54, 1.807) is 11.3 Å². The maximum atomic E-state index is 5.58. The summed E-state index contributed by atoms with van der Waals surface area (Å²) in [4.78, 5) is 5.47. The Morgan fingerprint density at radius 1 is 1.32 bits per heavy atom. The second-order valence-corrected chi connectivity index (χ2v) is 5.04. The van der Waals surface area contributed by atoms with Crippen LogP contribution in [0, 0.1) is 6.92 Å².